The topological polar surface area (TPSA) is 86.7 Å². The lowest BCUT2D eigenvalue weighted by Gasteiger charge is -2.31. The average molecular weight is 455 g/mol. The Morgan fingerprint density at radius 3 is 2.15 bits per heavy atom. The standard InChI is InChI=1S/C28H26N2O4/c1-17-10-6-8-14-20(17)24-22-23(26(32)30(25(22)31)21-15-9-7-11-18(21)2)28(29-24,27(33)34)16-19-12-4-3-5-13-19/h3-15,22-24,29H,16H2,1-2H3,(H,33,34). The first-order valence-electron chi connectivity index (χ1n) is 11.4. The van der Waals surface area contributed by atoms with E-state index in [1.165, 1.54) is 4.90 Å². The molecule has 34 heavy (non-hydrogen) atoms. The minimum Gasteiger partial charge on any atom is -0.480 e. The van der Waals surface area contributed by atoms with E-state index < -0.39 is 35.3 Å². The van der Waals surface area contributed by atoms with Crippen molar-refractivity contribution >= 4 is 23.5 Å². The molecular formula is C28H26N2O4. The van der Waals surface area contributed by atoms with E-state index in [0.29, 0.717) is 5.69 Å². The number of imide groups is 1. The van der Waals surface area contributed by atoms with Gasteiger partial charge in [0.15, 0.2) is 0 Å². The number of fused-ring (bicyclic) bond motifs is 1. The van der Waals surface area contributed by atoms with Crippen molar-refractivity contribution in [2.24, 2.45) is 11.8 Å². The highest BCUT2D eigenvalue weighted by atomic mass is 16.4. The van der Waals surface area contributed by atoms with Gasteiger partial charge in [0, 0.05) is 12.5 Å². The molecule has 0 bridgehead atoms. The number of para-hydroxylation sites is 1. The van der Waals surface area contributed by atoms with Gasteiger partial charge in [-0.25, -0.2) is 4.90 Å². The highest BCUT2D eigenvalue weighted by Gasteiger charge is 2.68. The third kappa shape index (κ3) is 3.25. The molecule has 2 saturated heterocycles. The zero-order valence-corrected chi connectivity index (χ0v) is 19.1. The molecule has 6 nitrogen and oxygen atoms in total. The van der Waals surface area contributed by atoms with Crippen molar-refractivity contribution in [3.63, 3.8) is 0 Å². The number of amides is 2. The number of aliphatic carboxylic acids is 1. The van der Waals surface area contributed by atoms with Crippen LogP contribution in [0.4, 0.5) is 5.69 Å². The van der Waals surface area contributed by atoms with Crippen LogP contribution in [0.3, 0.4) is 0 Å². The van der Waals surface area contributed by atoms with Crippen LogP contribution in [0.5, 0.6) is 0 Å². The van der Waals surface area contributed by atoms with Crippen LogP contribution in [0.25, 0.3) is 0 Å². The number of hydrogen-bond donors (Lipinski definition) is 2. The molecule has 2 N–H and O–H groups in total. The number of carbonyl (C=O) groups is 3. The molecule has 3 aromatic rings. The minimum absolute atomic E-state index is 0.0906. The number of carboxylic acid groups (broad SMARTS) is 1. The third-order valence-electron chi connectivity index (χ3n) is 7.24. The van der Waals surface area contributed by atoms with Crippen molar-refractivity contribution in [1.82, 2.24) is 5.32 Å². The van der Waals surface area contributed by atoms with Crippen LogP contribution in [0, 0.1) is 25.7 Å². The van der Waals surface area contributed by atoms with Crippen LogP contribution in [-0.4, -0.2) is 28.4 Å². The number of rotatable bonds is 5. The van der Waals surface area contributed by atoms with Crippen molar-refractivity contribution in [2.45, 2.75) is 31.8 Å². The molecular weight excluding hydrogens is 428 g/mol. The fourth-order valence-electron chi connectivity index (χ4n) is 5.61. The van der Waals surface area contributed by atoms with E-state index in [-0.39, 0.29) is 12.3 Å². The molecule has 2 aliphatic heterocycles. The molecule has 0 spiro atoms. The lowest BCUT2D eigenvalue weighted by atomic mass is 9.76. The number of hydrogen-bond acceptors (Lipinski definition) is 4. The molecule has 4 unspecified atom stereocenters. The predicted molar refractivity (Wildman–Crippen MR) is 128 cm³/mol. The Bertz CT molecular complexity index is 1290. The summed E-state index contributed by atoms with van der Waals surface area (Å²) < 4.78 is 0. The summed E-state index contributed by atoms with van der Waals surface area (Å²) in [6.07, 6.45) is 0.0906. The summed E-state index contributed by atoms with van der Waals surface area (Å²) in [6, 6.07) is 23.5. The minimum atomic E-state index is -1.62. The van der Waals surface area contributed by atoms with Gasteiger partial charge in [0.25, 0.3) is 0 Å². The molecule has 172 valence electrons. The quantitative estimate of drug-likeness (QED) is 0.573. The van der Waals surface area contributed by atoms with E-state index in [2.05, 4.69) is 5.32 Å². The lowest BCUT2D eigenvalue weighted by molar-refractivity contribution is -0.148. The van der Waals surface area contributed by atoms with Crippen molar-refractivity contribution < 1.29 is 19.5 Å². The normalized spacial score (nSPS) is 26.1. The zero-order chi connectivity index (χ0) is 24.0. The van der Waals surface area contributed by atoms with Crippen molar-refractivity contribution in [1.29, 1.82) is 0 Å². The van der Waals surface area contributed by atoms with Gasteiger partial charge in [-0.05, 0) is 42.2 Å². The molecule has 5 rings (SSSR count). The monoisotopic (exact) mass is 454 g/mol. The van der Waals surface area contributed by atoms with Crippen LogP contribution in [-0.2, 0) is 20.8 Å². The Morgan fingerprint density at radius 2 is 1.50 bits per heavy atom. The Hall–Kier alpha value is -3.77. The summed E-state index contributed by atoms with van der Waals surface area (Å²) in [5.41, 5.74) is 2.23. The maximum atomic E-state index is 13.9. The van der Waals surface area contributed by atoms with Gasteiger partial charge in [-0.15, -0.1) is 0 Å². The van der Waals surface area contributed by atoms with E-state index in [1.807, 2.05) is 80.6 Å². The highest BCUT2D eigenvalue weighted by Crippen LogP contribution is 2.51. The van der Waals surface area contributed by atoms with Crippen LogP contribution < -0.4 is 10.2 Å². The number of nitrogens with one attached hydrogen (secondary N) is 1. The first-order chi connectivity index (χ1) is 16.3. The van der Waals surface area contributed by atoms with Crippen molar-refractivity contribution in [2.75, 3.05) is 4.90 Å². The number of anilines is 1. The van der Waals surface area contributed by atoms with Gasteiger partial charge in [-0.1, -0.05) is 72.8 Å². The lowest BCUT2D eigenvalue weighted by Crippen LogP contribution is -2.57. The highest BCUT2D eigenvalue weighted by molar-refractivity contribution is 6.24. The fourth-order valence-corrected chi connectivity index (χ4v) is 5.61. The number of carbonyl (C=O) groups excluding carboxylic acids is 2. The molecule has 2 fully saturated rings. The molecule has 6 heteroatoms. The zero-order valence-electron chi connectivity index (χ0n) is 19.1. The Kier molecular flexibility index (Phi) is 5.33. The van der Waals surface area contributed by atoms with E-state index in [4.69, 9.17) is 0 Å². The van der Waals surface area contributed by atoms with Crippen LogP contribution in [0.2, 0.25) is 0 Å². The molecule has 2 amide bonds. The second kappa shape index (κ2) is 8.22. The van der Waals surface area contributed by atoms with Crippen molar-refractivity contribution in [3.8, 4) is 0 Å². The SMILES string of the molecule is Cc1ccccc1C1NC(Cc2ccccc2)(C(=O)O)C2C(=O)N(c3ccccc3C)C(=O)C12. The summed E-state index contributed by atoms with van der Waals surface area (Å²) >= 11 is 0. The number of carboxylic acids is 1. The maximum absolute atomic E-state index is 13.9. The van der Waals surface area contributed by atoms with Crippen LogP contribution in [0.1, 0.15) is 28.3 Å². The van der Waals surface area contributed by atoms with E-state index in [0.717, 1.165) is 22.3 Å². The fraction of sp³-hybridized carbons (Fsp3) is 0.250. The first-order valence-corrected chi connectivity index (χ1v) is 11.4. The Labute approximate surface area is 198 Å². The second-order valence-corrected chi connectivity index (χ2v) is 9.22. The Morgan fingerprint density at radius 1 is 0.882 bits per heavy atom. The van der Waals surface area contributed by atoms with Gasteiger partial charge in [-0.2, -0.15) is 0 Å². The van der Waals surface area contributed by atoms with Gasteiger partial charge < -0.3 is 5.11 Å². The molecule has 0 aromatic heterocycles. The van der Waals surface area contributed by atoms with Gasteiger partial charge in [0.1, 0.15) is 5.54 Å². The van der Waals surface area contributed by atoms with Gasteiger partial charge in [0.2, 0.25) is 11.8 Å². The van der Waals surface area contributed by atoms with E-state index in [1.54, 1.807) is 12.1 Å². The smallest absolute Gasteiger partial charge is 0.325 e. The maximum Gasteiger partial charge on any atom is 0.325 e. The van der Waals surface area contributed by atoms with Gasteiger partial charge in [0.05, 0.1) is 17.5 Å². The second-order valence-electron chi connectivity index (χ2n) is 9.22. The summed E-state index contributed by atoms with van der Waals surface area (Å²) in [4.78, 5) is 42.0. The summed E-state index contributed by atoms with van der Waals surface area (Å²) in [7, 11) is 0. The van der Waals surface area contributed by atoms with E-state index in [9.17, 15) is 19.5 Å². The molecule has 0 radical (unpaired) electrons. The number of nitrogens with zero attached hydrogens (tertiary/aromatic N) is 1. The molecule has 4 atom stereocenters. The molecule has 3 aromatic carbocycles. The molecule has 2 aliphatic rings. The summed E-state index contributed by atoms with van der Waals surface area (Å²) in [6.45, 7) is 3.78. The number of aryl methyl sites for hydroxylation is 2. The Balaban J connectivity index is 1.69. The van der Waals surface area contributed by atoms with Crippen LogP contribution in [0.15, 0.2) is 78.9 Å². The third-order valence-corrected chi connectivity index (χ3v) is 7.24. The van der Waals surface area contributed by atoms with Gasteiger partial charge >= 0.3 is 5.97 Å². The van der Waals surface area contributed by atoms with Crippen molar-refractivity contribution in [3.05, 3.63) is 101 Å². The molecule has 0 aliphatic carbocycles. The summed E-state index contributed by atoms with van der Waals surface area (Å²) in [5.74, 6) is -3.82. The number of benzene rings is 3. The predicted octanol–water partition coefficient (Wildman–Crippen LogP) is 3.82. The molecule has 0 saturated carbocycles. The van der Waals surface area contributed by atoms with Gasteiger partial charge in [-0.3, -0.25) is 19.7 Å². The first kappa shape index (κ1) is 22.0. The van der Waals surface area contributed by atoms with E-state index >= 15 is 0 Å². The average Bonchev–Trinajstić information content (AvgIpc) is 3.30. The van der Waals surface area contributed by atoms with Crippen LogP contribution >= 0.6 is 0 Å². The molecule has 2 heterocycles. The summed E-state index contributed by atoms with van der Waals surface area (Å²) in [5, 5.41) is 13.9. The largest absolute Gasteiger partial charge is 0.480 e.